The molecule has 1 N–H and O–H groups in total. The van der Waals surface area contributed by atoms with E-state index in [1.165, 1.54) is 0 Å². The first kappa shape index (κ1) is 8.94. The molecule has 1 heterocycles. The second-order valence-electron chi connectivity index (χ2n) is 3.23. The Balaban J connectivity index is 2.34. The molecular weight excluding hydrogens is 143 g/mol. The molecule has 1 aliphatic rings. The largest absolute Gasteiger partial charge is 0.310 e. The fraction of sp³-hybridized carbons (Fsp3) is 1.00. The molecule has 11 heavy (non-hydrogen) atoms. The van der Waals surface area contributed by atoms with Crippen molar-refractivity contribution in [2.75, 3.05) is 26.7 Å². The second kappa shape index (κ2) is 4.02. The second-order valence-corrected chi connectivity index (χ2v) is 3.23. The fourth-order valence-electron chi connectivity index (χ4n) is 1.54. The molecule has 3 heteroatoms. The van der Waals surface area contributed by atoms with Gasteiger partial charge in [-0.05, 0) is 20.0 Å². The van der Waals surface area contributed by atoms with Crippen LogP contribution >= 0.6 is 0 Å². The number of likely N-dealkylation sites (tertiary alicyclic amines) is 1. The standard InChI is InChI=1S/C8H17FN2/c1-3-10-8-6-11(2)5-4-7(8)9/h7-8,10H,3-6H2,1-2H3. The molecule has 0 aliphatic carbocycles. The third-order valence-corrected chi connectivity index (χ3v) is 2.20. The van der Waals surface area contributed by atoms with Gasteiger partial charge in [-0.3, -0.25) is 0 Å². The first-order chi connectivity index (χ1) is 5.24. The quantitative estimate of drug-likeness (QED) is 0.637. The molecule has 2 unspecified atom stereocenters. The molecule has 0 aromatic carbocycles. The highest BCUT2D eigenvalue weighted by molar-refractivity contribution is 4.83. The summed E-state index contributed by atoms with van der Waals surface area (Å²) in [5.41, 5.74) is 0. The van der Waals surface area contributed by atoms with E-state index in [2.05, 4.69) is 10.2 Å². The minimum Gasteiger partial charge on any atom is -0.310 e. The molecule has 1 saturated heterocycles. The van der Waals surface area contributed by atoms with Crippen LogP contribution in [-0.2, 0) is 0 Å². The normalized spacial score (nSPS) is 34.1. The van der Waals surface area contributed by atoms with Crippen LogP contribution < -0.4 is 5.32 Å². The Morgan fingerprint density at radius 2 is 2.36 bits per heavy atom. The third-order valence-electron chi connectivity index (χ3n) is 2.20. The Labute approximate surface area is 67.8 Å². The molecule has 0 saturated carbocycles. The van der Waals surface area contributed by atoms with Crippen molar-refractivity contribution in [3.05, 3.63) is 0 Å². The van der Waals surface area contributed by atoms with Crippen molar-refractivity contribution >= 4 is 0 Å². The number of hydrogen-bond donors (Lipinski definition) is 1. The Hall–Kier alpha value is -0.150. The average molecular weight is 160 g/mol. The van der Waals surface area contributed by atoms with E-state index < -0.39 is 6.17 Å². The SMILES string of the molecule is CCNC1CN(C)CCC1F. The molecule has 0 bridgehead atoms. The molecule has 0 spiro atoms. The lowest BCUT2D eigenvalue weighted by Crippen LogP contribution is -2.50. The maximum Gasteiger partial charge on any atom is 0.118 e. The summed E-state index contributed by atoms with van der Waals surface area (Å²) in [4.78, 5) is 2.17. The molecule has 0 radical (unpaired) electrons. The van der Waals surface area contributed by atoms with Crippen LogP contribution in [0, 0.1) is 0 Å². The first-order valence-corrected chi connectivity index (χ1v) is 4.30. The maximum absolute atomic E-state index is 13.1. The minimum atomic E-state index is -0.647. The number of likely N-dealkylation sites (N-methyl/N-ethyl adjacent to an activating group) is 2. The van der Waals surface area contributed by atoms with Gasteiger partial charge in [-0.25, -0.2) is 4.39 Å². The van der Waals surface area contributed by atoms with E-state index in [4.69, 9.17) is 0 Å². The Morgan fingerprint density at radius 1 is 1.64 bits per heavy atom. The van der Waals surface area contributed by atoms with Crippen molar-refractivity contribution in [3.63, 3.8) is 0 Å². The summed E-state index contributed by atoms with van der Waals surface area (Å²) in [6.07, 6.45) is 0.0277. The highest BCUT2D eigenvalue weighted by Gasteiger charge is 2.26. The molecule has 66 valence electrons. The van der Waals surface area contributed by atoms with Crippen molar-refractivity contribution < 1.29 is 4.39 Å². The van der Waals surface area contributed by atoms with E-state index in [0.29, 0.717) is 6.42 Å². The number of alkyl halides is 1. The number of piperidine rings is 1. The van der Waals surface area contributed by atoms with Gasteiger partial charge in [-0.2, -0.15) is 0 Å². The van der Waals surface area contributed by atoms with Gasteiger partial charge in [0, 0.05) is 13.1 Å². The molecule has 0 aromatic rings. The molecule has 2 nitrogen and oxygen atoms in total. The summed E-state index contributed by atoms with van der Waals surface area (Å²) < 4.78 is 13.1. The zero-order valence-corrected chi connectivity index (χ0v) is 7.31. The zero-order chi connectivity index (χ0) is 8.27. The van der Waals surface area contributed by atoms with E-state index in [0.717, 1.165) is 19.6 Å². The summed E-state index contributed by atoms with van der Waals surface area (Å²) in [5, 5.41) is 3.15. The van der Waals surface area contributed by atoms with Gasteiger partial charge in [-0.15, -0.1) is 0 Å². The van der Waals surface area contributed by atoms with Crippen LogP contribution in [0.5, 0.6) is 0 Å². The van der Waals surface area contributed by atoms with Crippen LogP contribution in [0.4, 0.5) is 4.39 Å². The lowest BCUT2D eigenvalue weighted by Gasteiger charge is -2.32. The predicted octanol–water partition coefficient (Wildman–Crippen LogP) is 0.638. The molecule has 1 rings (SSSR count). The molecule has 1 fully saturated rings. The van der Waals surface area contributed by atoms with Gasteiger partial charge in [0.15, 0.2) is 0 Å². The molecule has 1 aliphatic heterocycles. The van der Waals surface area contributed by atoms with Crippen molar-refractivity contribution in [1.82, 2.24) is 10.2 Å². The van der Waals surface area contributed by atoms with Crippen LogP contribution in [0.3, 0.4) is 0 Å². The summed E-state index contributed by atoms with van der Waals surface area (Å²) in [7, 11) is 2.04. The third kappa shape index (κ3) is 2.42. The fourth-order valence-corrected chi connectivity index (χ4v) is 1.54. The number of nitrogens with one attached hydrogen (secondary N) is 1. The van der Waals surface area contributed by atoms with Crippen LogP contribution in [0.1, 0.15) is 13.3 Å². The number of nitrogens with zero attached hydrogens (tertiary/aromatic N) is 1. The lowest BCUT2D eigenvalue weighted by molar-refractivity contribution is 0.128. The monoisotopic (exact) mass is 160 g/mol. The number of halogens is 1. The average Bonchev–Trinajstić information content (AvgIpc) is 1.98. The van der Waals surface area contributed by atoms with Gasteiger partial charge >= 0.3 is 0 Å². The topological polar surface area (TPSA) is 15.3 Å². The van der Waals surface area contributed by atoms with E-state index in [-0.39, 0.29) is 6.04 Å². The first-order valence-electron chi connectivity index (χ1n) is 4.30. The van der Waals surface area contributed by atoms with Crippen molar-refractivity contribution in [2.24, 2.45) is 0 Å². The van der Waals surface area contributed by atoms with Crippen molar-refractivity contribution in [3.8, 4) is 0 Å². The minimum absolute atomic E-state index is 0.0544. The van der Waals surface area contributed by atoms with Gasteiger partial charge < -0.3 is 10.2 Å². The van der Waals surface area contributed by atoms with Gasteiger partial charge in [0.05, 0.1) is 6.04 Å². The van der Waals surface area contributed by atoms with E-state index in [1.807, 2.05) is 14.0 Å². The Morgan fingerprint density at radius 3 is 3.00 bits per heavy atom. The molecule has 0 aromatic heterocycles. The van der Waals surface area contributed by atoms with Gasteiger partial charge in [0.1, 0.15) is 6.17 Å². The molecular formula is C8H17FN2. The van der Waals surface area contributed by atoms with Gasteiger partial charge in [0.2, 0.25) is 0 Å². The predicted molar refractivity (Wildman–Crippen MR) is 44.5 cm³/mol. The highest BCUT2D eigenvalue weighted by atomic mass is 19.1. The number of rotatable bonds is 2. The van der Waals surface area contributed by atoms with E-state index in [9.17, 15) is 4.39 Å². The summed E-state index contributed by atoms with van der Waals surface area (Å²) in [6, 6.07) is 0.0544. The summed E-state index contributed by atoms with van der Waals surface area (Å²) in [5.74, 6) is 0. The smallest absolute Gasteiger partial charge is 0.118 e. The summed E-state index contributed by atoms with van der Waals surface area (Å²) >= 11 is 0. The lowest BCUT2D eigenvalue weighted by atomic mass is 10.0. The van der Waals surface area contributed by atoms with Crippen LogP contribution in [0.25, 0.3) is 0 Å². The van der Waals surface area contributed by atoms with Crippen LogP contribution in [0.15, 0.2) is 0 Å². The molecule has 0 amide bonds. The Bertz CT molecular complexity index is 119. The number of hydrogen-bond acceptors (Lipinski definition) is 2. The van der Waals surface area contributed by atoms with E-state index in [1.54, 1.807) is 0 Å². The van der Waals surface area contributed by atoms with Gasteiger partial charge in [-0.1, -0.05) is 6.92 Å². The molecule has 2 atom stereocenters. The van der Waals surface area contributed by atoms with Crippen LogP contribution in [-0.4, -0.2) is 43.8 Å². The van der Waals surface area contributed by atoms with Gasteiger partial charge in [0.25, 0.3) is 0 Å². The van der Waals surface area contributed by atoms with Crippen LogP contribution in [0.2, 0.25) is 0 Å². The summed E-state index contributed by atoms with van der Waals surface area (Å²) in [6.45, 7) is 4.61. The zero-order valence-electron chi connectivity index (χ0n) is 7.31. The highest BCUT2D eigenvalue weighted by Crippen LogP contribution is 2.12. The Kier molecular flexibility index (Phi) is 3.27. The van der Waals surface area contributed by atoms with E-state index >= 15 is 0 Å². The van der Waals surface area contributed by atoms with Crippen molar-refractivity contribution in [2.45, 2.75) is 25.6 Å². The van der Waals surface area contributed by atoms with Crippen molar-refractivity contribution in [1.29, 1.82) is 0 Å². The maximum atomic E-state index is 13.1.